The van der Waals surface area contributed by atoms with Crippen LogP contribution in [-0.4, -0.2) is 36.7 Å². The third-order valence-electron chi connectivity index (χ3n) is 3.47. The van der Waals surface area contributed by atoms with E-state index in [0.717, 1.165) is 16.9 Å². The Morgan fingerprint density at radius 2 is 1.84 bits per heavy atom. The molecule has 0 aromatic heterocycles. The highest BCUT2D eigenvalue weighted by Crippen LogP contribution is 2.13. The number of rotatable bonds is 9. The van der Waals surface area contributed by atoms with Gasteiger partial charge in [-0.2, -0.15) is 0 Å². The molecule has 6 heteroatoms. The van der Waals surface area contributed by atoms with Crippen molar-refractivity contribution in [2.24, 2.45) is 0 Å². The molecule has 0 saturated heterocycles. The minimum Gasteiger partial charge on any atom is -0.491 e. The lowest BCUT2D eigenvalue weighted by Gasteiger charge is -2.09. The number of hydrogen-bond acceptors (Lipinski definition) is 4. The Bertz CT molecular complexity index is 733. The molecule has 0 heterocycles. The molecule has 1 N–H and O–H groups in total. The van der Waals surface area contributed by atoms with Gasteiger partial charge < -0.3 is 14.8 Å². The Labute approximate surface area is 150 Å². The van der Waals surface area contributed by atoms with Crippen LogP contribution in [-0.2, 0) is 27.8 Å². The van der Waals surface area contributed by atoms with E-state index in [1.165, 1.54) is 0 Å². The van der Waals surface area contributed by atoms with E-state index in [1.54, 1.807) is 31.6 Å². The van der Waals surface area contributed by atoms with Crippen molar-refractivity contribution in [3.63, 3.8) is 0 Å². The number of methoxy groups -OCH3 is 1. The van der Waals surface area contributed by atoms with Crippen LogP contribution in [0.15, 0.2) is 48.5 Å². The van der Waals surface area contributed by atoms with Crippen LogP contribution in [0.25, 0.3) is 0 Å². The van der Waals surface area contributed by atoms with Crippen molar-refractivity contribution < 1.29 is 18.5 Å². The van der Waals surface area contributed by atoms with Crippen LogP contribution in [0.1, 0.15) is 21.5 Å². The summed E-state index contributed by atoms with van der Waals surface area (Å²) in [5.41, 5.74) is 2.41. The summed E-state index contributed by atoms with van der Waals surface area (Å²) in [6.45, 7) is 1.42. The van der Waals surface area contributed by atoms with Gasteiger partial charge in [0.1, 0.15) is 12.4 Å². The summed E-state index contributed by atoms with van der Waals surface area (Å²) >= 11 is 0. The first kappa shape index (κ1) is 19.1. The van der Waals surface area contributed by atoms with Gasteiger partial charge in [-0.25, -0.2) is 0 Å². The quantitative estimate of drug-likeness (QED) is 0.697. The van der Waals surface area contributed by atoms with Crippen molar-refractivity contribution >= 4 is 16.7 Å². The topological polar surface area (TPSA) is 64.6 Å². The lowest BCUT2D eigenvalue weighted by Crippen LogP contribution is -2.23. The molecule has 0 radical (unpaired) electrons. The molecule has 2 aromatic carbocycles. The zero-order chi connectivity index (χ0) is 18.1. The third-order valence-corrected chi connectivity index (χ3v) is 4.21. The van der Waals surface area contributed by atoms with Gasteiger partial charge in [-0.1, -0.05) is 24.3 Å². The van der Waals surface area contributed by atoms with Gasteiger partial charge in [0.05, 0.1) is 6.61 Å². The molecular weight excluding hydrogens is 338 g/mol. The molecule has 134 valence electrons. The monoisotopic (exact) mass is 361 g/mol. The molecule has 0 aliphatic carbocycles. The Balaban J connectivity index is 1.93. The molecule has 1 amide bonds. The molecule has 0 aliphatic heterocycles. The van der Waals surface area contributed by atoms with E-state index < -0.39 is 10.8 Å². The van der Waals surface area contributed by atoms with Crippen LogP contribution in [0.5, 0.6) is 5.75 Å². The van der Waals surface area contributed by atoms with E-state index >= 15 is 0 Å². The van der Waals surface area contributed by atoms with Gasteiger partial charge >= 0.3 is 0 Å². The Kier molecular flexibility index (Phi) is 7.63. The Hall–Kier alpha value is -2.18. The molecule has 0 fully saturated rings. The van der Waals surface area contributed by atoms with Gasteiger partial charge in [-0.05, 0) is 35.4 Å². The highest BCUT2D eigenvalue weighted by molar-refractivity contribution is 7.83. The standard InChI is InChI=1S/C19H23NO4S/c1-23-9-10-24-18-8-4-5-15(12-18)13-20-19(21)17-7-3-6-16(11-17)14-25(2)22/h3-8,11-12H,9-10,13-14H2,1-2H3,(H,20,21). The fourth-order valence-corrected chi connectivity index (χ4v) is 2.96. The number of amides is 1. The highest BCUT2D eigenvalue weighted by Gasteiger charge is 2.07. The average Bonchev–Trinajstić information content (AvgIpc) is 2.60. The van der Waals surface area contributed by atoms with Crippen molar-refractivity contribution in [1.82, 2.24) is 5.32 Å². The summed E-state index contributed by atoms with van der Waals surface area (Å²) in [6.07, 6.45) is 1.65. The zero-order valence-corrected chi connectivity index (χ0v) is 15.3. The predicted molar refractivity (Wildman–Crippen MR) is 99.2 cm³/mol. The zero-order valence-electron chi connectivity index (χ0n) is 14.5. The molecule has 2 rings (SSSR count). The molecule has 1 atom stereocenters. The predicted octanol–water partition coefficient (Wildman–Crippen LogP) is 2.52. The maximum absolute atomic E-state index is 12.3. The van der Waals surface area contributed by atoms with Gasteiger partial charge in [0.2, 0.25) is 0 Å². The van der Waals surface area contributed by atoms with E-state index in [2.05, 4.69) is 5.32 Å². The summed E-state index contributed by atoms with van der Waals surface area (Å²) < 4.78 is 21.8. The average molecular weight is 361 g/mol. The van der Waals surface area contributed by atoms with E-state index in [4.69, 9.17) is 9.47 Å². The summed E-state index contributed by atoms with van der Waals surface area (Å²) in [6, 6.07) is 14.8. The second-order valence-electron chi connectivity index (χ2n) is 5.59. The van der Waals surface area contributed by atoms with E-state index in [1.807, 2.05) is 30.3 Å². The maximum atomic E-state index is 12.3. The minimum absolute atomic E-state index is 0.158. The number of ether oxygens (including phenoxy) is 2. The summed E-state index contributed by atoms with van der Waals surface area (Å²) in [5, 5.41) is 2.90. The summed E-state index contributed by atoms with van der Waals surface area (Å²) in [5.74, 6) is 1.03. The lowest BCUT2D eigenvalue weighted by molar-refractivity contribution is 0.0950. The molecule has 0 aliphatic rings. The lowest BCUT2D eigenvalue weighted by atomic mass is 10.1. The minimum atomic E-state index is -0.932. The molecule has 2 aromatic rings. The van der Waals surface area contributed by atoms with Gasteiger partial charge in [-0.15, -0.1) is 0 Å². The van der Waals surface area contributed by atoms with Crippen molar-refractivity contribution in [2.45, 2.75) is 12.3 Å². The molecule has 0 bridgehead atoms. The fourth-order valence-electron chi connectivity index (χ4n) is 2.31. The van der Waals surface area contributed by atoms with Crippen LogP contribution in [0, 0.1) is 0 Å². The fraction of sp³-hybridized carbons (Fsp3) is 0.316. The highest BCUT2D eigenvalue weighted by atomic mass is 32.2. The molecule has 1 unspecified atom stereocenters. The van der Waals surface area contributed by atoms with Crippen LogP contribution in [0.2, 0.25) is 0 Å². The van der Waals surface area contributed by atoms with Crippen molar-refractivity contribution in [3.8, 4) is 5.75 Å². The first-order valence-electron chi connectivity index (χ1n) is 7.96. The van der Waals surface area contributed by atoms with Crippen molar-refractivity contribution in [2.75, 3.05) is 26.6 Å². The van der Waals surface area contributed by atoms with E-state index in [0.29, 0.717) is 31.1 Å². The SMILES string of the molecule is COCCOc1cccc(CNC(=O)c2cccc(CS(C)=O)c2)c1. The molecule has 0 spiro atoms. The molecule has 25 heavy (non-hydrogen) atoms. The van der Waals surface area contributed by atoms with Gasteiger partial charge in [0.25, 0.3) is 5.91 Å². The van der Waals surface area contributed by atoms with Crippen LogP contribution in [0.4, 0.5) is 0 Å². The number of hydrogen-bond donors (Lipinski definition) is 1. The third kappa shape index (κ3) is 6.68. The number of carbonyl (C=O) groups is 1. The summed E-state index contributed by atoms with van der Waals surface area (Å²) in [4.78, 5) is 12.3. The van der Waals surface area contributed by atoms with Crippen molar-refractivity contribution in [1.29, 1.82) is 0 Å². The first-order chi connectivity index (χ1) is 12.1. The van der Waals surface area contributed by atoms with Gasteiger partial charge in [-0.3, -0.25) is 9.00 Å². The normalized spacial score (nSPS) is 11.8. The van der Waals surface area contributed by atoms with Crippen LogP contribution in [0.3, 0.4) is 0 Å². The van der Waals surface area contributed by atoms with Crippen LogP contribution >= 0.6 is 0 Å². The largest absolute Gasteiger partial charge is 0.491 e. The van der Waals surface area contributed by atoms with Crippen LogP contribution < -0.4 is 10.1 Å². The molecule has 0 saturated carbocycles. The smallest absolute Gasteiger partial charge is 0.251 e. The first-order valence-corrected chi connectivity index (χ1v) is 9.69. The van der Waals surface area contributed by atoms with E-state index in [-0.39, 0.29) is 5.91 Å². The second kappa shape index (κ2) is 9.96. The second-order valence-corrected chi connectivity index (χ2v) is 7.02. The summed E-state index contributed by atoms with van der Waals surface area (Å²) in [7, 11) is 0.695. The number of nitrogens with one attached hydrogen (secondary N) is 1. The Morgan fingerprint density at radius 3 is 2.60 bits per heavy atom. The number of carbonyl (C=O) groups excluding carboxylic acids is 1. The van der Waals surface area contributed by atoms with Crippen molar-refractivity contribution in [3.05, 3.63) is 65.2 Å². The van der Waals surface area contributed by atoms with Gasteiger partial charge in [0.15, 0.2) is 0 Å². The number of benzene rings is 2. The Morgan fingerprint density at radius 1 is 1.08 bits per heavy atom. The van der Waals surface area contributed by atoms with E-state index in [9.17, 15) is 9.00 Å². The molecule has 5 nitrogen and oxygen atoms in total. The maximum Gasteiger partial charge on any atom is 0.251 e. The van der Waals surface area contributed by atoms with Gasteiger partial charge in [0, 0.05) is 42.0 Å². The molecular formula is C19H23NO4S.